The number of ether oxygens (including phenoxy) is 2. The predicted octanol–water partition coefficient (Wildman–Crippen LogP) is 3.67. The Bertz CT molecular complexity index is 1290. The molecule has 0 amide bonds. The minimum absolute atomic E-state index is 0.0304. The maximum Gasteiger partial charge on any atom is 0.268 e. The molecule has 0 spiro atoms. The average Bonchev–Trinajstić information content (AvgIpc) is 3.22. The Morgan fingerprint density at radius 1 is 1.13 bits per heavy atom. The van der Waals surface area contributed by atoms with Crippen LogP contribution < -0.4 is 10.1 Å². The second-order valence-corrected chi connectivity index (χ2v) is 8.21. The lowest BCUT2D eigenvalue weighted by Gasteiger charge is -2.13. The molecule has 0 radical (unpaired) electrons. The van der Waals surface area contributed by atoms with Gasteiger partial charge in [-0.15, -0.1) is 0 Å². The van der Waals surface area contributed by atoms with Gasteiger partial charge in [0.05, 0.1) is 21.3 Å². The van der Waals surface area contributed by atoms with Crippen LogP contribution in [0, 0.1) is 5.82 Å². The second kappa shape index (κ2) is 9.88. The fourth-order valence-electron chi connectivity index (χ4n) is 2.92. The number of nitrogens with zero attached hydrogens (tertiary/aromatic N) is 1. The van der Waals surface area contributed by atoms with Gasteiger partial charge in [0.1, 0.15) is 11.6 Å². The van der Waals surface area contributed by atoms with Gasteiger partial charge < -0.3 is 14.8 Å². The molecule has 2 aromatic carbocycles. The number of aromatic nitrogens is 1. The van der Waals surface area contributed by atoms with Crippen LogP contribution in [-0.2, 0) is 21.3 Å². The standard InChI is InChI=1S/C22H25FN2O4S/c1-24-15-17-13-22(20-9-3-4-10-21(20)23)25(16-17)30(26,27)19-8-5-7-18(14-19)29-12-6-11-28-2/h3-5,7-10,13-14,16,24H,6,11-12,15H2,1-2H3/i1D3,2D3. The zero-order chi connectivity index (χ0) is 26.6. The van der Waals surface area contributed by atoms with Crippen LogP contribution in [-0.4, -0.2) is 39.6 Å². The van der Waals surface area contributed by atoms with Crippen molar-refractivity contribution in [1.82, 2.24) is 9.29 Å². The van der Waals surface area contributed by atoms with E-state index in [0.717, 1.165) is 3.97 Å². The first-order chi connectivity index (χ1) is 16.8. The smallest absolute Gasteiger partial charge is 0.268 e. The summed E-state index contributed by atoms with van der Waals surface area (Å²) < 4.78 is 95.8. The Morgan fingerprint density at radius 3 is 2.80 bits per heavy atom. The highest BCUT2D eigenvalue weighted by atomic mass is 32.2. The first-order valence-corrected chi connectivity index (χ1v) is 10.5. The van der Waals surface area contributed by atoms with Gasteiger partial charge in [-0.2, -0.15) is 0 Å². The molecule has 0 aliphatic heterocycles. The summed E-state index contributed by atoms with van der Waals surface area (Å²) in [6, 6.07) is 12.8. The van der Waals surface area contributed by atoms with E-state index in [1.807, 2.05) is 0 Å². The third kappa shape index (κ3) is 4.89. The third-order valence-corrected chi connectivity index (χ3v) is 5.98. The molecule has 8 heteroatoms. The van der Waals surface area contributed by atoms with Crippen molar-refractivity contribution in [2.24, 2.45) is 0 Å². The highest BCUT2D eigenvalue weighted by Gasteiger charge is 2.23. The molecule has 160 valence electrons. The van der Waals surface area contributed by atoms with E-state index in [9.17, 15) is 12.8 Å². The van der Waals surface area contributed by atoms with Crippen LogP contribution in [0.5, 0.6) is 5.75 Å². The number of rotatable bonds is 10. The van der Waals surface area contributed by atoms with E-state index in [1.54, 1.807) is 12.1 Å². The first-order valence-electron chi connectivity index (χ1n) is 12.1. The normalized spacial score (nSPS) is 15.4. The SMILES string of the molecule is [2H]C([2H])([2H])NCc1cc(-c2ccccc2F)n(S(=O)(=O)c2cccc(OCCCOC([2H])([2H])[2H])c2)c1. The van der Waals surface area contributed by atoms with Gasteiger partial charge in [-0.05, 0) is 42.9 Å². The molecule has 3 rings (SSSR count). The van der Waals surface area contributed by atoms with E-state index >= 15 is 0 Å². The number of benzene rings is 2. The Hall–Kier alpha value is -2.68. The summed E-state index contributed by atoms with van der Waals surface area (Å²) in [7, 11) is -6.74. The van der Waals surface area contributed by atoms with Crippen molar-refractivity contribution in [2.75, 3.05) is 27.2 Å². The van der Waals surface area contributed by atoms with Crippen LogP contribution in [0.25, 0.3) is 11.3 Å². The van der Waals surface area contributed by atoms with E-state index in [1.165, 1.54) is 48.7 Å². The van der Waals surface area contributed by atoms with Crippen LogP contribution in [0.4, 0.5) is 4.39 Å². The van der Waals surface area contributed by atoms with Gasteiger partial charge in [0.15, 0.2) is 0 Å². The van der Waals surface area contributed by atoms with Gasteiger partial charge in [0.2, 0.25) is 0 Å². The maximum absolute atomic E-state index is 14.6. The highest BCUT2D eigenvalue weighted by Crippen LogP contribution is 2.30. The molecule has 0 aliphatic rings. The van der Waals surface area contributed by atoms with E-state index in [-0.39, 0.29) is 48.1 Å². The van der Waals surface area contributed by atoms with Crippen molar-refractivity contribution >= 4 is 10.0 Å². The number of methoxy groups -OCH3 is 1. The molecule has 0 saturated carbocycles. The monoisotopic (exact) mass is 438 g/mol. The van der Waals surface area contributed by atoms with Crippen molar-refractivity contribution in [3.8, 4) is 17.0 Å². The van der Waals surface area contributed by atoms with Crippen LogP contribution in [0.2, 0.25) is 0 Å². The van der Waals surface area contributed by atoms with Crippen LogP contribution >= 0.6 is 0 Å². The molecular weight excluding hydrogens is 407 g/mol. The van der Waals surface area contributed by atoms with Crippen molar-refractivity contribution in [2.45, 2.75) is 17.9 Å². The molecular formula is C22H25FN2O4S. The Kier molecular flexibility index (Phi) is 5.00. The summed E-state index contributed by atoms with van der Waals surface area (Å²) in [5, 5.41) is 2.32. The van der Waals surface area contributed by atoms with Gasteiger partial charge in [0.25, 0.3) is 10.0 Å². The number of nitrogens with one attached hydrogen (secondary N) is 1. The van der Waals surface area contributed by atoms with E-state index < -0.39 is 29.9 Å². The highest BCUT2D eigenvalue weighted by molar-refractivity contribution is 7.90. The van der Waals surface area contributed by atoms with Crippen LogP contribution in [0.3, 0.4) is 0 Å². The second-order valence-electron chi connectivity index (χ2n) is 6.39. The molecule has 30 heavy (non-hydrogen) atoms. The Labute approximate surface area is 184 Å². The molecule has 0 bridgehead atoms. The zero-order valence-corrected chi connectivity index (χ0v) is 16.8. The third-order valence-electron chi connectivity index (χ3n) is 4.31. The quantitative estimate of drug-likeness (QED) is 0.489. The first kappa shape index (κ1) is 15.2. The summed E-state index contributed by atoms with van der Waals surface area (Å²) in [5.41, 5.74) is 0.390. The Morgan fingerprint density at radius 2 is 2.00 bits per heavy atom. The fourth-order valence-corrected chi connectivity index (χ4v) is 4.35. The number of halogens is 1. The average molecular weight is 439 g/mol. The molecule has 0 saturated heterocycles. The Balaban J connectivity index is 1.89. The summed E-state index contributed by atoms with van der Waals surface area (Å²) in [4.78, 5) is -0.137. The van der Waals surface area contributed by atoms with Gasteiger partial charge in [-0.3, -0.25) is 0 Å². The number of hydrogen-bond donors (Lipinski definition) is 1. The van der Waals surface area contributed by atoms with E-state index in [0.29, 0.717) is 5.56 Å². The van der Waals surface area contributed by atoms with Crippen molar-refractivity contribution in [3.63, 3.8) is 0 Å². The zero-order valence-electron chi connectivity index (χ0n) is 22.0. The molecule has 0 unspecified atom stereocenters. The molecule has 6 nitrogen and oxygen atoms in total. The summed E-state index contributed by atoms with van der Waals surface area (Å²) in [5.74, 6) is -0.410. The maximum atomic E-state index is 14.6. The lowest BCUT2D eigenvalue weighted by molar-refractivity contribution is 0.172. The molecule has 0 fully saturated rings. The summed E-state index contributed by atoms with van der Waals surface area (Å²) in [6.45, 7) is -2.58. The lowest BCUT2D eigenvalue weighted by atomic mass is 10.1. The van der Waals surface area contributed by atoms with Gasteiger partial charge in [0, 0.05) is 48.5 Å². The molecule has 0 aliphatic carbocycles. The van der Waals surface area contributed by atoms with Gasteiger partial charge in [-0.1, -0.05) is 18.2 Å². The van der Waals surface area contributed by atoms with Crippen LogP contribution in [0.1, 0.15) is 20.2 Å². The van der Waals surface area contributed by atoms with Crippen LogP contribution in [0.15, 0.2) is 65.7 Å². The van der Waals surface area contributed by atoms with Crippen molar-refractivity contribution < 1.29 is 30.5 Å². The van der Waals surface area contributed by atoms with Gasteiger partial charge >= 0.3 is 0 Å². The minimum Gasteiger partial charge on any atom is -0.493 e. The molecule has 1 N–H and O–H groups in total. The van der Waals surface area contributed by atoms with Crippen molar-refractivity contribution in [1.29, 1.82) is 0 Å². The van der Waals surface area contributed by atoms with Crippen molar-refractivity contribution in [3.05, 3.63) is 72.2 Å². The minimum atomic E-state index is -4.24. The number of hydrogen-bond acceptors (Lipinski definition) is 5. The van der Waals surface area contributed by atoms with E-state index in [4.69, 9.17) is 13.0 Å². The molecule has 0 atom stereocenters. The largest absolute Gasteiger partial charge is 0.493 e. The lowest BCUT2D eigenvalue weighted by Crippen LogP contribution is -2.14. The van der Waals surface area contributed by atoms with E-state index in [2.05, 4.69) is 10.1 Å². The summed E-state index contributed by atoms with van der Waals surface area (Å²) >= 11 is 0. The molecule has 1 aromatic heterocycles. The molecule has 3 aromatic rings. The van der Waals surface area contributed by atoms with Gasteiger partial charge in [-0.25, -0.2) is 16.8 Å². The fraction of sp³-hybridized carbons (Fsp3) is 0.273. The summed E-state index contributed by atoms with van der Waals surface area (Å²) in [6.07, 6.45) is 1.51. The topological polar surface area (TPSA) is 69.6 Å². The predicted molar refractivity (Wildman–Crippen MR) is 114 cm³/mol. The molecule has 1 heterocycles.